The van der Waals surface area contributed by atoms with Crippen LogP contribution in [0, 0.1) is 11.3 Å². The van der Waals surface area contributed by atoms with E-state index >= 15 is 0 Å². The van der Waals surface area contributed by atoms with Crippen molar-refractivity contribution in [2.24, 2.45) is 18.4 Å². The smallest absolute Gasteiger partial charge is 0.0630 e. The van der Waals surface area contributed by atoms with Crippen molar-refractivity contribution in [2.45, 2.75) is 52.5 Å². The van der Waals surface area contributed by atoms with Gasteiger partial charge in [-0.2, -0.15) is 5.10 Å². The number of rotatable bonds is 5. The third kappa shape index (κ3) is 3.58. The zero-order chi connectivity index (χ0) is 13.4. The topological polar surface area (TPSA) is 29.9 Å². The number of aryl methyl sites for hydroxylation is 1. The first-order valence-electron chi connectivity index (χ1n) is 7.02. The average Bonchev–Trinajstić information content (AvgIpc) is 3.01. The molecule has 1 fully saturated rings. The SMILES string of the molecule is Cn1ccc(CC(C)(CNC(C)(C)C)C2CC2)n1. The summed E-state index contributed by atoms with van der Waals surface area (Å²) in [5.74, 6) is 0.870. The molecule has 0 spiro atoms. The van der Waals surface area contributed by atoms with Gasteiger partial charge < -0.3 is 5.32 Å². The Bertz CT molecular complexity index is 398. The summed E-state index contributed by atoms with van der Waals surface area (Å²) < 4.78 is 1.90. The molecule has 1 atom stereocenters. The van der Waals surface area contributed by atoms with Crippen LogP contribution in [0.1, 0.15) is 46.2 Å². The van der Waals surface area contributed by atoms with Crippen molar-refractivity contribution in [2.75, 3.05) is 6.54 Å². The molecule has 2 rings (SSSR count). The lowest BCUT2D eigenvalue weighted by molar-refractivity contribution is 0.225. The molecule has 1 aliphatic carbocycles. The molecule has 0 radical (unpaired) electrons. The van der Waals surface area contributed by atoms with Gasteiger partial charge in [-0.15, -0.1) is 0 Å². The molecule has 0 aromatic carbocycles. The first kappa shape index (κ1) is 13.6. The molecular formula is C15H27N3. The summed E-state index contributed by atoms with van der Waals surface area (Å²) in [6.07, 6.45) is 5.89. The van der Waals surface area contributed by atoms with Crippen LogP contribution in [-0.4, -0.2) is 21.9 Å². The van der Waals surface area contributed by atoms with Gasteiger partial charge in [-0.1, -0.05) is 6.92 Å². The van der Waals surface area contributed by atoms with Crippen LogP contribution >= 0.6 is 0 Å². The second-order valence-electron chi connectivity index (χ2n) is 7.19. The van der Waals surface area contributed by atoms with Gasteiger partial charge in [-0.3, -0.25) is 4.68 Å². The lowest BCUT2D eigenvalue weighted by Gasteiger charge is -2.33. The second-order valence-corrected chi connectivity index (χ2v) is 7.19. The Balaban J connectivity index is 2.02. The van der Waals surface area contributed by atoms with Crippen molar-refractivity contribution < 1.29 is 0 Å². The molecule has 0 saturated heterocycles. The number of nitrogens with zero attached hydrogens (tertiary/aromatic N) is 2. The highest BCUT2D eigenvalue weighted by Crippen LogP contribution is 2.47. The molecule has 1 aromatic heterocycles. The predicted molar refractivity (Wildman–Crippen MR) is 75.5 cm³/mol. The fourth-order valence-electron chi connectivity index (χ4n) is 2.57. The highest BCUT2D eigenvalue weighted by Gasteiger charge is 2.42. The van der Waals surface area contributed by atoms with E-state index < -0.39 is 0 Å². The number of hydrogen-bond donors (Lipinski definition) is 1. The molecular weight excluding hydrogens is 222 g/mol. The second kappa shape index (κ2) is 4.69. The Morgan fingerprint density at radius 2 is 2.00 bits per heavy atom. The van der Waals surface area contributed by atoms with Crippen molar-refractivity contribution in [1.29, 1.82) is 0 Å². The average molecular weight is 249 g/mol. The Morgan fingerprint density at radius 1 is 1.33 bits per heavy atom. The zero-order valence-corrected chi connectivity index (χ0v) is 12.5. The highest BCUT2D eigenvalue weighted by atomic mass is 15.2. The van der Waals surface area contributed by atoms with E-state index in [0.29, 0.717) is 5.41 Å². The zero-order valence-electron chi connectivity index (χ0n) is 12.5. The summed E-state index contributed by atoms with van der Waals surface area (Å²) in [6, 6.07) is 2.15. The van der Waals surface area contributed by atoms with Crippen LogP contribution in [0.5, 0.6) is 0 Å². The maximum Gasteiger partial charge on any atom is 0.0630 e. The molecule has 3 nitrogen and oxygen atoms in total. The minimum Gasteiger partial charge on any atom is -0.312 e. The van der Waals surface area contributed by atoms with E-state index in [1.54, 1.807) is 0 Å². The maximum atomic E-state index is 4.54. The predicted octanol–water partition coefficient (Wildman–Crippen LogP) is 2.77. The van der Waals surface area contributed by atoms with Crippen LogP contribution in [0.4, 0.5) is 0 Å². The minimum atomic E-state index is 0.195. The minimum absolute atomic E-state index is 0.195. The van der Waals surface area contributed by atoms with E-state index in [1.807, 2.05) is 17.9 Å². The normalized spacial score (nSPS) is 19.8. The molecule has 1 heterocycles. The fourth-order valence-corrected chi connectivity index (χ4v) is 2.57. The molecule has 0 aliphatic heterocycles. The Hall–Kier alpha value is -0.830. The van der Waals surface area contributed by atoms with Gasteiger partial charge in [0.2, 0.25) is 0 Å². The van der Waals surface area contributed by atoms with Crippen molar-refractivity contribution in [1.82, 2.24) is 15.1 Å². The van der Waals surface area contributed by atoms with E-state index in [-0.39, 0.29) is 5.54 Å². The fraction of sp³-hybridized carbons (Fsp3) is 0.800. The summed E-state index contributed by atoms with van der Waals surface area (Å²) in [7, 11) is 1.99. The Labute approximate surface area is 111 Å². The first-order valence-corrected chi connectivity index (χ1v) is 7.02. The molecule has 18 heavy (non-hydrogen) atoms. The molecule has 1 unspecified atom stereocenters. The molecule has 1 aliphatic rings. The van der Waals surface area contributed by atoms with Crippen molar-refractivity contribution in [3.8, 4) is 0 Å². The highest BCUT2D eigenvalue weighted by molar-refractivity contribution is 5.06. The monoisotopic (exact) mass is 249 g/mol. The van der Waals surface area contributed by atoms with Crippen molar-refractivity contribution in [3.05, 3.63) is 18.0 Å². The van der Waals surface area contributed by atoms with Gasteiger partial charge in [0.1, 0.15) is 0 Å². The first-order chi connectivity index (χ1) is 8.28. The van der Waals surface area contributed by atoms with Crippen LogP contribution in [0.25, 0.3) is 0 Å². The number of aromatic nitrogens is 2. The lowest BCUT2D eigenvalue weighted by atomic mass is 9.79. The van der Waals surface area contributed by atoms with Crippen LogP contribution in [0.15, 0.2) is 12.3 Å². The van der Waals surface area contributed by atoms with E-state index in [9.17, 15) is 0 Å². The number of nitrogens with one attached hydrogen (secondary N) is 1. The van der Waals surface area contributed by atoms with Gasteiger partial charge in [0.15, 0.2) is 0 Å². The largest absolute Gasteiger partial charge is 0.312 e. The van der Waals surface area contributed by atoms with Gasteiger partial charge in [0, 0.05) is 25.3 Å². The molecule has 1 saturated carbocycles. The van der Waals surface area contributed by atoms with Crippen LogP contribution < -0.4 is 5.32 Å². The molecule has 102 valence electrons. The van der Waals surface area contributed by atoms with Gasteiger partial charge in [0.05, 0.1) is 5.69 Å². The summed E-state index contributed by atoms with van der Waals surface area (Å²) in [5.41, 5.74) is 1.77. The third-order valence-corrected chi connectivity index (χ3v) is 3.94. The molecule has 3 heteroatoms. The van der Waals surface area contributed by atoms with E-state index in [0.717, 1.165) is 18.9 Å². The van der Waals surface area contributed by atoms with Crippen molar-refractivity contribution >= 4 is 0 Å². The van der Waals surface area contributed by atoms with E-state index in [2.05, 4.69) is 44.2 Å². The van der Waals surface area contributed by atoms with Crippen molar-refractivity contribution in [3.63, 3.8) is 0 Å². The summed E-state index contributed by atoms with van der Waals surface area (Å²) >= 11 is 0. The molecule has 0 bridgehead atoms. The Morgan fingerprint density at radius 3 is 2.44 bits per heavy atom. The van der Waals surface area contributed by atoms with E-state index in [1.165, 1.54) is 18.5 Å². The van der Waals surface area contributed by atoms with Crippen LogP contribution in [0.2, 0.25) is 0 Å². The van der Waals surface area contributed by atoms with Gasteiger partial charge >= 0.3 is 0 Å². The molecule has 1 N–H and O–H groups in total. The molecule has 0 amide bonds. The molecule has 1 aromatic rings. The quantitative estimate of drug-likeness (QED) is 0.869. The Kier molecular flexibility index (Phi) is 3.54. The summed E-state index contributed by atoms with van der Waals surface area (Å²) in [4.78, 5) is 0. The maximum absolute atomic E-state index is 4.54. The lowest BCUT2D eigenvalue weighted by Crippen LogP contribution is -2.44. The van der Waals surface area contributed by atoms with Crippen LogP contribution in [0.3, 0.4) is 0 Å². The summed E-state index contributed by atoms with van der Waals surface area (Å²) in [5, 5.41) is 8.22. The van der Waals surface area contributed by atoms with Gasteiger partial charge in [-0.25, -0.2) is 0 Å². The van der Waals surface area contributed by atoms with Gasteiger partial charge in [-0.05, 0) is 57.4 Å². The van der Waals surface area contributed by atoms with Crippen LogP contribution in [-0.2, 0) is 13.5 Å². The summed E-state index contributed by atoms with van der Waals surface area (Å²) in [6.45, 7) is 10.2. The standard InChI is InChI=1S/C15H27N3/c1-14(2,3)16-11-15(4,12-6-7-12)10-13-8-9-18(5)17-13/h8-9,12,16H,6-7,10-11H2,1-5H3. The van der Waals surface area contributed by atoms with Gasteiger partial charge in [0.25, 0.3) is 0 Å². The number of hydrogen-bond acceptors (Lipinski definition) is 2. The van der Waals surface area contributed by atoms with E-state index in [4.69, 9.17) is 0 Å². The third-order valence-electron chi connectivity index (χ3n) is 3.94.